The standard InChI is InChI=1S/C15H20ClNO3/c1-11(2-7-15(19)20)8-9-17-14(18)10-12-3-5-13(16)6-4-12/h3-6,11H,2,7-10H2,1H3,(H,17,18)(H,19,20). The van der Waals surface area contributed by atoms with E-state index in [2.05, 4.69) is 5.32 Å². The number of rotatable bonds is 8. The van der Waals surface area contributed by atoms with Crippen molar-refractivity contribution in [3.8, 4) is 0 Å². The van der Waals surface area contributed by atoms with Crippen LogP contribution in [-0.2, 0) is 16.0 Å². The fourth-order valence-electron chi connectivity index (χ4n) is 1.82. The summed E-state index contributed by atoms with van der Waals surface area (Å²) in [4.78, 5) is 22.1. The number of halogens is 1. The van der Waals surface area contributed by atoms with E-state index in [4.69, 9.17) is 16.7 Å². The van der Waals surface area contributed by atoms with Gasteiger partial charge in [-0.3, -0.25) is 9.59 Å². The van der Waals surface area contributed by atoms with E-state index in [0.717, 1.165) is 12.0 Å². The van der Waals surface area contributed by atoms with E-state index in [1.807, 2.05) is 19.1 Å². The van der Waals surface area contributed by atoms with Crippen LogP contribution in [0.5, 0.6) is 0 Å². The molecule has 1 aromatic carbocycles. The van der Waals surface area contributed by atoms with E-state index in [1.54, 1.807) is 12.1 Å². The second kappa shape index (κ2) is 8.59. The van der Waals surface area contributed by atoms with Gasteiger partial charge in [-0.05, 0) is 36.5 Å². The average molecular weight is 298 g/mol. The molecule has 0 bridgehead atoms. The fraction of sp³-hybridized carbons (Fsp3) is 0.467. The predicted octanol–water partition coefficient (Wildman–Crippen LogP) is 2.89. The Morgan fingerprint density at radius 1 is 1.25 bits per heavy atom. The molecule has 0 aliphatic rings. The molecule has 0 heterocycles. The lowest BCUT2D eigenvalue weighted by Crippen LogP contribution is -2.27. The number of carboxylic acid groups (broad SMARTS) is 1. The molecule has 4 nitrogen and oxygen atoms in total. The summed E-state index contributed by atoms with van der Waals surface area (Å²) < 4.78 is 0. The minimum absolute atomic E-state index is 0.0299. The van der Waals surface area contributed by atoms with Crippen molar-refractivity contribution in [3.63, 3.8) is 0 Å². The number of amides is 1. The van der Waals surface area contributed by atoms with Gasteiger partial charge in [0.25, 0.3) is 0 Å². The largest absolute Gasteiger partial charge is 0.481 e. The smallest absolute Gasteiger partial charge is 0.303 e. The first kappa shape index (κ1) is 16.5. The van der Waals surface area contributed by atoms with Gasteiger partial charge in [0.2, 0.25) is 5.91 Å². The Kier molecular flexibility index (Phi) is 7.09. The summed E-state index contributed by atoms with van der Waals surface area (Å²) >= 11 is 5.78. The number of hydrogen-bond donors (Lipinski definition) is 2. The first-order valence-corrected chi connectivity index (χ1v) is 7.08. The molecule has 1 atom stereocenters. The molecule has 1 unspecified atom stereocenters. The molecule has 0 saturated carbocycles. The zero-order valence-electron chi connectivity index (χ0n) is 11.6. The van der Waals surface area contributed by atoms with Gasteiger partial charge < -0.3 is 10.4 Å². The molecule has 0 radical (unpaired) electrons. The number of aliphatic carboxylic acids is 1. The second-order valence-electron chi connectivity index (χ2n) is 4.98. The third kappa shape index (κ3) is 7.14. The summed E-state index contributed by atoms with van der Waals surface area (Å²) in [6, 6.07) is 7.19. The first-order chi connectivity index (χ1) is 9.47. The predicted molar refractivity (Wildman–Crippen MR) is 78.8 cm³/mol. The van der Waals surface area contributed by atoms with Crippen molar-refractivity contribution in [2.45, 2.75) is 32.6 Å². The molecule has 1 aromatic rings. The maximum absolute atomic E-state index is 11.7. The molecule has 0 aliphatic carbocycles. The van der Waals surface area contributed by atoms with Gasteiger partial charge >= 0.3 is 5.97 Å². The van der Waals surface area contributed by atoms with Gasteiger partial charge in [-0.1, -0.05) is 30.7 Å². The minimum atomic E-state index is -0.774. The Bertz CT molecular complexity index is 445. The molecule has 2 N–H and O–H groups in total. The SMILES string of the molecule is CC(CCNC(=O)Cc1ccc(Cl)cc1)CCC(=O)O. The summed E-state index contributed by atoms with van der Waals surface area (Å²) in [5.41, 5.74) is 0.922. The van der Waals surface area contributed by atoms with E-state index in [1.165, 1.54) is 0 Å². The zero-order chi connectivity index (χ0) is 15.0. The molecular formula is C15H20ClNO3. The van der Waals surface area contributed by atoms with Crippen LogP contribution in [0.3, 0.4) is 0 Å². The number of hydrogen-bond acceptors (Lipinski definition) is 2. The Morgan fingerprint density at radius 2 is 1.90 bits per heavy atom. The van der Waals surface area contributed by atoms with Crippen molar-refractivity contribution in [1.82, 2.24) is 5.32 Å². The van der Waals surface area contributed by atoms with Crippen LogP contribution in [0.1, 0.15) is 31.7 Å². The van der Waals surface area contributed by atoms with Crippen molar-refractivity contribution in [2.75, 3.05) is 6.54 Å². The number of carbonyl (C=O) groups is 2. The Hall–Kier alpha value is -1.55. The van der Waals surface area contributed by atoms with E-state index in [0.29, 0.717) is 30.3 Å². The highest BCUT2D eigenvalue weighted by Crippen LogP contribution is 2.11. The van der Waals surface area contributed by atoms with Gasteiger partial charge in [-0.25, -0.2) is 0 Å². The van der Waals surface area contributed by atoms with Crippen molar-refractivity contribution in [1.29, 1.82) is 0 Å². The minimum Gasteiger partial charge on any atom is -0.481 e. The van der Waals surface area contributed by atoms with Crippen LogP contribution in [-0.4, -0.2) is 23.5 Å². The van der Waals surface area contributed by atoms with Gasteiger partial charge in [0, 0.05) is 18.0 Å². The van der Waals surface area contributed by atoms with Crippen LogP contribution in [0.2, 0.25) is 5.02 Å². The van der Waals surface area contributed by atoms with Crippen LogP contribution in [0.25, 0.3) is 0 Å². The zero-order valence-corrected chi connectivity index (χ0v) is 12.3. The maximum Gasteiger partial charge on any atom is 0.303 e. The van der Waals surface area contributed by atoms with Crippen molar-refractivity contribution >= 4 is 23.5 Å². The lowest BCUT2D eigenvalue weighted by molar-refractivity contribution is -0.137. The van der Waals surface area contributed by atoms with Gasteiger partial charge in [-0.2, -0.15) is 0 Å². The molecule has 1 amide bonds. The fourth-order valence-corrected chi connectivity index (χ4v) is 1.95. The Morgan fingerprint density at radius 3 is 2.50 bits per heavy atom. The molecule has 110 valence electrons. The lowest BCUT2D eigenvalue weighted by Gasteiger charge is -2.10. The summed E-state index contributed by atoms with van der Waals surface area (Å²) in [5.74, 6) is -0.511. The summed E-state index contributed by atoms with van der Waals surface area (Å²) in [7, 11) is 0. The lowest BCUT2D eigenvalue weighted by atomic mass is 10.0. The monoisotopic (exact) mass is 297 g/mol. The molecule has 1 rings (SSSR count). The average Bonchev–Trinajstić information content (AvgIpc) is 2.39. The van der Waals surface area contributed by atoms with Crippen LogP contribution in [0.4, 0.5) is 0 Å². The maximum atomic E-state index is 11.7. The van der Waals surface area contributed by atoms with Gasteiger partial charge in [0.1, 0.15) is 0 Å². The molecule has 0 spiro atoms. The van der Waals surface area contributed by atoms with Crippen molar-refractivity contribution in [2.24, 2.45) is 5.92 Å². The number of carbonyl (C=O) groups excluding carboxylic acids is 1. The van der Waals surface area contributed by atoms with Gasteiger partial charge in [0.05, 0.1) is 6.42 Å². The second-order valence-corrected chi connectivity index (χ2v) is 5.42. The highest BCUT2D eigenvalue weighted by atomic mass is 35.5. The molecule has 0 fully saturated rings. The van der Waals surface area contributed by atoms with Gasteiger partial charge in [0.15, 0.2) is 0 Å². The third-order valence-electron chi connectivity index (χ3n) is 3.09. The molecule has 0 aliphatic heterocycles. The summed E-state index contributed by atoms with van der Waals surface area (Å²) in [5, 5.41) is 12.1. The highest BCUT2D eigenvalue weighted by Gasteiger charge is 2.07. The first-order valence-electron chi connectivity index (χ1n) is 6.70. The number of benzene rings is 1. The van der Waals surface area contributed by atoms with E-state index < -0.39 is 5.97 Å². The van der Waals surface area contributed by atoms with Gasteiger partial charge in [-0.15, -0.1) is 0 Å². The van der Waals surface area contributed by atoms with Crippen LogP contribution in [0, 0.1) is 5.92 Å². The normalized spacial score (nSPS) is 11.9. The molecule has 0 aromatic heterocycles. The van der Waals surface area contributed by atoms with Crippen LogP contribution >= 0.6 is 11.6 Å². The Labute approximate surface area is 124 Å². The quantitative estimate of drug-likeness (QED) is 0.775. The van der Waals surface area contributed by atoms with Crippen molar-refractivity contribution in [3.05, 3.63) is 34.9 Å². The molecule has 20 heavy (non-hydrogen) atoms. The molecular weight excluding hydrogens is 278 g/mol. The molecule has 5 heteroatoms. The highest BCUT2D eigenvalue weighted by molar-refractivity contribution is 6.30. The van der Waals surface area contributed by atoms with Crippen LogP contribution in [0.15, 0.2) is 24.3 Å². The number of carboxylic acids is 1. The van der Waals surface area contributed by atoms with E-state index in [-0.39, 0.29) is 12.3 Å². The van der Waals surface area contributed by atoms with Crippen molar-refractivity contribution < 1.29 is 14.7 Å². The van der Waals surface area contributed by atoms with Crippen LogP contribution < -0.4 is 5.32 Å². The topological polar surface area (TPSA) is 66.4 Å². The summed E-state index contributed by atoms with van der Waals surface area (Å²) in [6.45, 7) is 2.57. The number of nitrogens with one attached hydrogen (secondary N) is 1. The van der Waals surface area contributed by atoms with E-state index >= 15 is 0 Å². The summed E-state index contributed by atoms with van der Waals surface area (Å²) in [6.07, 6.45) is 1.95. The van der Waals surface area contributed by atoms with E-state index in [9.17, 15) is 9.59 Å². The Balaban J connectivity index is 2.20. The third-order valence-corrected chi connectivity index (χ3v) is 3.34. The molecule has 0 saturated heterocycles.